The number of nitrogens with one attached hydrogen (secondary N) is 2. The van der Waals surface area contributed by atoms with Gasteiger partial charge in [0.1, 0.15) is 5.75 Å². The van der Waals surface area contributed by atoms with Gasteiger partial charge in [-0.3, -0.25) is 9.59 Å². The van der Waals surface area contributed by atoms with Gasteiger partial charge in [0.15, 0.2) is 6.61 Å². The molecule has 1 aliphatic heterocycles. The van der Waals surface area contributed by atoms with Crippen LogP contribution in [0.3, 0.4) is 0 Å². The summed E-state index contributed by atoms with van der Waals surface area (Å²) in [6, 6.07) is 8.53. The molecule has 1 aromatic carbocycles. The molecule has 1 atom stereocenters. The van der Waals surface area contributed by atoms with Gasteiger partial charge in [0, 0.05) is 25.7 Å². The zero-order chi connectivity index (χ0) is 17.4. The molecule has 0 aliphatic carbocycles. The molecule has 1 fully saturated rings. The number of carbonyl (C=O) groups is 3. The van der Waals surface area contributed by atoms with Gasteiger partial charge in [-0.1, -0.05) is 18.2 Å². The third-order valence-corrected chi connectivity index (χ3v) is 3.61. The van der Waals surface area contributed by atoms with Crippen molar-refractivity contribution in [1.29, 1.82) is 0 Å². The Morgan fingerprint density at radius 1 is 1.25 bits per heavy atom. The Bertz CT molecular complexity index is 578. The Balaban J connectivity index is 1.67. The van der Waals surface area contributed by atoms with Crippen molar-refractivity contribution in [3.05, 3.63) is 30.3 Å². The summed E-state index contributed by atoms with van der Waals surface area (Å²) >= 11 is 0. The molecule has 1 heterocycles. The SMILES string of the molecule is O=C(O)CCNC(=O)NC1CCN(C(=O)COc2ccccc2)C1. The Kier molecular flexibility index (Phi) is 6.41. The third kappa shape index (κ3) is 5.79. The number of benzene rings is 1. The predicted molar refractivity (Wildman–Crippen MR) is 85.7 cm³/mol. The molecule has 8 heteroatoms. The van der Waals surface area contributed by atoms with Crippen LogP contribution in [0.2, 0.25) is 0 Å². The van der Waals surface area contributed by atoms with E-state index in [1.54, 1.807) is 17.0 Å². The first-order valence-corrected chi connectivity index (χ1v) is 7.76. The van der Waals surface area contributed by atoms with E-state index in [2.05, 4.69) is 10.6 Å². The number of likely N-dealkylation sites (tertiary alicyclic amines) is 1. The van der Waals surface area contributed by atoms with E-state index in [-0.39, 0.29) is 31.5 Å². The molecule has 1 unspecified atom stereocenters. The van der Waals surface area contributed by atoms with E-state index in [4.69, 9.17) is 9.84 Å². The molecular formula is C16H21N3O5. The molecule has 0 saturated carbocycles. The number of nitrogens with zero attached hydrogens (tertiary/aromatic N) is 1. The lowest BCUT2D eigenvalue weighted by Crippen LogP contribution is -2.44. The number of urea groups is 1. The first kappa shape index (κ1) is 17.6. The average Bonchev–Trinajstić information content (AvgIpc) is 3.01. The summed E-state index contributed by atoms with van der Waals surface area (Å²) in [6.45, 7) is 1.00. The van der Waals surface area contributed by atoms with Gasteiger partial charge in [0.25, 0.3) is 5.91 Å². The summed E-state index contributed by atoms with van der Waals surface area (Å²) in [7, 11) is 0. The van der Waals surface area contributed by atoms with Gasteiger partial charge in [-0.05, 0) is 18.6 Å². The van der Waals surface area contributed by atoms with Crippen LogP contribution in [0, 0.1) is 0 Å². The zero-order valence-corrected chi connectivity index (χ0v) is 13.2. The smallest absolute Gasteiger partial charge is 0.315 e. The first-order chi connectivity index (χ1) is 11.5. The van der Waals surface area contributed by atoms with E-state index in [0.717, 1.165) is 0 Å². The van der Waals surface area contributed by atoms with E-state index < -0.39 is 12.0 Å². The van der Waals surface area contributed by atoms with Crippen molar-refractivity contribution < 1.29 is 24.2 Å². The van der Waals surface area contributed by atoms with Crippen molar-refractivity contribution in [2.24, 2.45) is 0 Å². The van der Waals surface area contributed by atoms with E-state index in [1.807, 2.05) is 18.2 Å². The third-order valence-electron chi connectivity index (χ3n) is 3.61. The van der Waals surface area contributed by atoms with Crippen molar-refractivity contribution in [3.63, 3.8) is 0 Å². The van der Waals surface area contributed by atoms with Crippen LogP contribution in [-0.2, 0) is 9.59 Å². The summed E-state index contributed by atoms with van der Waals surface area (Å²) in [6.07, 6.45) is 0.531. The minimum Gasteiger partial charge on any atom is -0.484 e. The van der Waals surface area contributed by atoms with Crippen molar-refractivity contribution in [1.82, 2.24) is 15.5 Å². The highest BCUT2D eigenvalue weighted by atomic mass is 16.5. The molecule has 1 aliphatic rings. The number of para-hydroxylation sites is 1. The van der Waals surface area contributed by atoms with Gasteiger partial charge in [-0.15, -0.1) is 0 Å². The first-order valence-electron chi connectivity index (χ1n) is 7.76. The minimum absolute atomic E-state index is 0.0401. The van der Waals surface area contributed by atoms with E-state index in [9.17, 15) is 14.4 Å². The monoisotopic (exact) mass is 335 g/mol. The second-order valence-corrected chi connectivity index (χ2v) is 5.47. The lowest BCUT2D eigenvalue weighted by atomic mass is 10.3. The summed E-state index contributed by atoms with van der Waals surface area (Å²) in [5.41, 5.74) is 0. The second-order valence-electron chi connectivity index (χ2n) is 5.47. The number of hydrogen-bond donors (Lipinski definition) is 3. The number of ether oxygens (including phenoxy) is 1. The number of rotatable bonds is 7. The number of carboxylic acids is 1. The topological polar surface area (TPSA) is 108 Å². The van der Waals surface area contributed by atoms with Crippen LogP contribution in [0.4, 0.5) is 4.79 Å². The molecule has 1 aromatic rings. The largest absolute Gasteiger partial charge is 0.484 e. The number of amides is 3. The van der Waals surface area contributed by atoms with E-state index in [0.29, 0.717) is 25.3 Å². The van der Waals surface area contributed by atoms with Crippen molar-refractivity contribution in [2.45, 2.75) is 18.9 Å². The van der Waals surface area contributed by atoms with Gasteiger partial charge in [0.05, 0.1) is 6.42 Å². The molecule has 2 rings (SSSR count). The fourth-order valence-electron chi connectivity index (χ4n) is 2.38. The number of aliphatic carboxylic acids is 1. The predicted octanol–water partition coefficient (Wildman–Crippen LogP) is 0.440. The van der Waals surface area contributed by atoms with Crippen LogP contribution >= 0.6 is 0 Å². The van der Waals surface area contributed by atoms with Crippen LogP contribution in [0.25, 0.3) is 0 Å². The normalized spacial score (nSPS) is 16.5. The zero-order valence-electron chi connectivity index (χ0n) is 13.2. The molecule has 1 saturated heterocycles. The number of hydrogen-bond acceptors (Lipinski definition) is 4. The van der Waals surface area contributed by atoms with Crippen molar-refractivity contribution in [2.75, 3.05) is 26.2 Å². The average molecular weight is 335 g/mol. The Labute approximate surface area is 139 Å². The fourth-order valence-corrected chi connectivity index (χ4v) is 2.38. The van der Waals surface area contributed by atoms with Crippen molar-refractivity contribution in [3.8, 4) is 5.75 Å². The van der Waals surface area contributed by atoms with Gasteiger partial charge in [0.2, 0.25) is 0 Å². The number of carbonyl (C=O) groups excluding carboxylic acids is 2. The van der Waals surface area contributed by atoms with E-state index in [1.165, 1.54) is 0 Å². The van der Waals surface area contributed by atoms with Gasteiger partial charge < -0.3 is 25.4 Å². The van der Waals surface area contributed by atoms with Crippen LogP contribution in [0.15, 0.2) is 30.3 Å². The molecule has 0 radical (unpaired) electrons. The van der Waals surface area contributed by atoms with Crippen LogP contribution in [0.5, 0.6) is 5.75 Å². The number of carboxylic acid groups (broad SMARTS) is 1. The molecule has 8 nitrogen and oxygen atoms in total. The van der Waals surface area contributed by atoms with Gasteiger partial charge in [-0.25, -0.2) is 4.79 Å². The quantitative estimate of drug-likeness (QED) is 0.670. The van der Waals surface area contributed by atoms with Gasteiger partial charge in [-0.2, -0.15) is 0 Å². The maximum Gasteiger partial charge on any atom is 0.315 e. The lowest BCUT2D eigenvalue weighted by molar-refractivity contribution is -0.137. The second kappa shape index (κ2) is 8.76. The Morgan fingerprint density at radius 2 is 2.00 bits per heavy atom. The molecule has 0 bridgehead atoms. The maximum absolute atomic E-state index is 12.1. The highest BCUT2D eigenvalue weighted by Crippen LogP contribution is 2.12. The molecule has 0 spiro atoms. The molecule has 24 heavy (non-hydrogen) atoms. The maximum atomic E-state index is 12.1. The summed E-state index contributed by atoms with van der Waals surface area (Å²) in [4.78, 5) is 35.8. The molecule has 3 amide bonds. The van der Waals surface area contributed by atoms with Crippen LogP contribution < -0.4 is 15.4 Å². The molecule has 130 valence electrons. The molecular weight excluding hydrogens is 314 g/mol. The van der Waals surface area contributed by atoms with Crippen LogP contribution in [0.1, 0.15) is 12.8 Å². The summed E-state index contributed by atoms with van der Waals surface area (Å²) in [5, 5.41) is 13.7. The standard InChI is InChI=1S/C16H21N3O5/c20-14(11-24-13-4-2-1-3-5-13)19-9-7-12(10-19)18-16(23)17-8-6-15(21)22/h1-5,12H,6-11H2,(H,21,22)(H2,17,18,23). The Hall–Kier alpha value is -2.77. The Morgan fingerprint density at radius 3 is 2.71 bits per heavy atom. The minimum atomic E-state index is -0.966. The lowest BCUT2D eigenvalue weighted by Gasteiger charge is -2.17. The highest BCUT2D eigenvalue weighted by Gasteiger charge is 2.27. The van der Waals surface area contributed by atoms with Crippen molar-refractivity contribution >= 4 is 17.9 Å². The van der Waals surface area contributed by atoms with Gasteiger partial charge >= 0.3 is 12.0 Å². The summed E-state index contributed by atoms with van der Waals surface area (Å²) in [5.74, 6) is -0.460. The highest BCUT2D eigenvalue weighted by molar-refractivity contribution is 5.79. The van der Waals surface area contributed by atoms with E-state index >= 15 is 0 Å². The fraction of sp³-hybridized carbons (Fsp3) is 0.438. The molecule has 0 aromatic heterocycles. The summed E-state index contributed by atoms with van der Waals surface area (Å²) < 4.78 is 5.43. The molecule has 3 N–H and O–H groups in total. The van der Waals surface area contributed by atoms with Crippen LogP contribution in [-0.4, -0.2) is 60.2 Å².